The van der Waals surface area contributed by atoms with E-state index in [-0.39, 0.29) is 0 Å². The van der Waals surface area contributed by atoms with Gasteiger partial charge in [0.1, 0.15) is 5.75 Å². The van der Waals surface area contributed by atoms with Gasteiger partial charge in [0, 0.05) is 18.8 Å². The van der Waals surface area contributed by atoms with Crippen molar-refractivity contribution in [2.45, 2.75) is 6.92 Å². The Labute approximate surface area is 89.3 Å². The molecular formula is C12H14N2O. The van der Waals surface area contributed by atoms with Gasteiger partial charge in [-0.3, -0.25) is 4.68 Å². The number of hydrogen-bond acceptors (Lipinski definition) is 2. The molecule has 0 saturated heterocycles. The van der Waals surface area contributed by atoms with Gasteiger partial charge in [0.25, 0.3) is 0 Å². The van der Waals surface area contributed by atoms with Crippen LogP contribution in [0.1, 0.15) is 5.56 Å². The van der Waals surface area contributed by atoms with Gasteiger partial charge >= 0.3 is 0 Å². The number of aromatic nitrogens is 2. The van der Waals surface area contributed by atoms with Crippen LogP contribution < -0.4 is 4.74 Å². The molecular weight excluding hydrogens is 188 g/mol. The molecule has 0 unspecified atom stereocenters. The molecule has 0 amide bonds. The third-order valence-electron chi connectivity index (χ3n) is 2.45. The molecule has 0 aliphatic heterocycles. The van der Waals surface area contributed by atoms with Crippen molar-refractivity contribution < 1.29 is 4.74 Å². The second kappa shape index (κ2) is 3.77. The number of benzene rings is 1. The van der Waals surface area contributed by atoms with Crippen molar-refractivity contribution in [3.05, 3.63) is 36.0 Å². The van der Waals surface area contributed by atoms with Crippen molar-refractivity contribution in [2.24, 2.45) is 7.05 Å². The van der Waals surface area contributed by atoms with Crippen LogP contribution in [0.2, 0.25) is 0 Å². The second-order valence-corrected chi connectivity index (χ2v) is 3.54. The lowest BCUT2D eigenvalue weighted by molar-refractivity contribution is 0.416. The Hall–Kier alpha value is -1.77. The van der Waals surface area contributed by atoms with Gasteiger partial charge in [-0.2, -0.15) is 5.10 Å². The Kier molecular flexibility index (Phi) is 2.46. The summed E-state index contributed by atoms with van der Waals surface area (Å²) in [6.07, 6.45) is 1.79. The number of methoxy groups -OCH3 is 1. The first-order valence-corrected chi connectivity index (χ1v) is 4.85. The average Bonchev–Trinajstić information content (AvgIpc) is 2.64. The van der Waals surface area contributed by atoms with Gasteiger partial charge in [0.15, 0.2) is 0 Å². The van der Waals surface area contributed by atoms with E-state index in [0.717, 1.165) is 17.0 Å². The van der Waals surface area contributed by atoms with Gasteiger partial charge in [-0.15, -0.1) is 0 Å². The van der Waals surface area contributed by atoms with Gasteiger partial charge in [-0.1, -0.05) is 11.6 Å². The van der Waals surface area contributed by atoms with Crippen LogP contribution in [0.4, 0.5) is 0 Å². The largest absolute Gasteiger partial charge is 0.496 e. The third-order valence-corrected chi connectivity index (χ3v) is 2.45. The van der Waals surface area contributed by atoms with E-state index in [1.54, 1.807) is 13.3 Å². The van der Waals surface area contributed by atoms with Crippen LogP contribution in [-0.2, 0) is 7.05 Å². The highest BCUT2D eigenvalue weighted by Crippen LogP contribution is 2.29. The minimum absolute atomic E-state index is 0.879. The number of hydrogen-bond donors (Lipinski definition) is 0. The van der Waals surface area contributed by atoms with Crippen molar-refractivity contribution in [1.29, 1.82) is 0 Å². The molecule has 0 saturated carbocycles. The second-order valence-electron chi connectivity index (χ2n) is 3.54. The number of aryl methyl sites for hydroxylation is 2. The van der Waals surface area contributed by atoms with Crippen molar-refractivity contribution in [1.82, 2.24) is 9.78 Å². The molecule has 78 valence electrons. The zero-order valence-corrected chi connectivity index (χ0v) is 9.19. The first-order chi connectivity index (χ1) is 7.22. The fourth-order valence-corrected chi connectivity index (χ4v) is 1.66. The van der Waals surface area contributed by atoms with Gasteiger partial charge in [-0.05, 0) is 25.1 Å². The summed E-state index contributed by atoms with van der Waals surface area (Å²) >= 11 is 0. The van der Waals surface area contributed by atoms with E-state index in [1.807, 2.05) is 29.9 Å². The fourth-order valence-electron chi connectivity index (χ4n) is 1.66. The summed E-state index contributed by atoms with van der Waals surface area (Å²) in [5.41, 5.74) is 3.36. The number of ether oxygens (including phenoxy) is 1. The monoisotopic (exact) mass is 202 g/mol. The highest BCUT2D eigenvalue weighted by atomic mass is 16.5. The van der Waals surface area contributed by atoms with E-state index < -0.39 is 0 Å². The molecule has 1 aromatic heterocycles. The maximum Gasteiger partial charge on any atom is 0.128 e. The molecule has 0 atom stereocenters. The molecule has 0 bridgehead atoms. The van der Waals surface area contributed by atoms with Crippen molar-refractivity contribution in [3.8, 4) is 17.0 Å². The van der Waals surface area contributed by atoms with Crippen LogP contribution in [0.5, 0.6) is 5.75 Å². The molecule has 1 heterocycles. The quantitative estimate of drug-likeness (QED) is 0.747. The normalized spacial score (nSPS) is 10.3. The topological polar surface area (TPSA) is 27.1 Å². The van der Waals surface area contributed by atoms with Crippen LogP contribution in [0.25, 0.3) is 11.3 Å². The minimum Gasteiger partial charge on any atom is -0.496 e. The summed E-state index contributed by atoms with van der Waals surface area (Å²) in [6.45, 7) is 2.07. The summed E-state index contributed by atoms with van der Waals surface area (Å²) in [7, 11) is 3.61. The molecule has 0 spiro atoms. The Bertz CT molecular complexity index is 474. The molecule has 15 heavy (non-hydrogen) atoms. The van der Waals surface area contributed by atoms with Crippen LogP contribution in [0.3, 0.4) is 0 Å². The van der Waals surface area contributed by atoms with Gasteiger partial charge < -0.3 is 4.74 Å². The van der Waals surface area contributed by atoms with E-state index in [2.05, 4.69) is 18.1 Å². The van der Waals surface area contributed by atoms with Crippen molar-refractivity contribution in [3.63, 3.8) is 0 Å². The molecule has 0 aliphatic rings. The summed E-state index contributed by atoms with van der Waals surface area (Å²) in [4.78, 5) is 0. The molecule has 0 fully saturated rings. The maximum absolute atomic E-state index is 5.34. The first-order valence-electron chi connectivity index (χ1n) is 4.85. The van der Waals surface area contributed by atoms with E-state index in [9.17, 15) is 0 Å². The molecule has 0 aliphatic carbocycles. The summed E-state index contributed by atoms with van der Waals surface area (Å²) in [5, 5.41) is 4.16. The molecule has 3 heteroatoms. The highest BCUT2D eigenvalue weighted by Gasteiger charge is 2.08. The van der Waals surface area contributed by atoms with Crippen LogP contribution in [0.15, 0.2) is 30.5 Å². The molecule has 1 aromatic carbocycles. The molecule has 2 aromatic rings. The van der Waals surface area contributed by atoms with E-state index >= 15 is 0 Å². The summed E-state index contributed by atoms with van der Waals surface area (Å²) in [6, 6.07) is 8.11. The zero-order chi connectivity index (χ0) is 10.8. The average molecular weight is 202 g/mol. The van der Waals surface area contributed by atoms with Gasteiger partial charge in [0.2, 0.25) is 0 Å². The standard InChI is InChI=1S/C12H14N2O/c1-9-4-5-12(15-3)10(8-9)11-6-7-13-14(11)2/h4-8H,1-3H3. The number of rotatable bonds is 2. The van der Waals surface area contributed by atoms with Gasteiger partial charge in [-0.25, -0.2) is 0 Å². The third kappa shape index (κ3) is 1.73. The minimum atomic E-state index is 0.879. The van der Waals surface area contributed by atoms with Crippen LogP contribution >= 0.6 is 0 Å². The lowest BCUT2D eigenvalue weighted by atomic mass is 10.1. The smallest absolute Gasteiger partial charge is 0.128 e. The van der Waals surface area contributed by atoms with Crippen molar-refractivity contribution in [2.75, 3.05) is 7.11 Å². The zero-order valence-electron chi connectivity index (χ0n) is 9.19. The van der Waals surface area contributed by atoms with Crippen molar-refractivity contribution >= 4 is 0 Å². The molecule has 0 N–H and O–H groups in total. The molecule has 3 nitrogen and oxygen atoms in total. The number of nitrogens with zero attached hydrogens (tertiary/aromatic N) is 2. The van der Waals surface area contributed by atoms with Gasteiger partial charge in [0.05, 0.1) is 12.8 Å². The Morgan fingerprint density at radius 3 is 2.67 bits per heavy atom. The predicted molar refractivity (Wildman–Crippen MR) is 59.9 cm³/mol. The lowest BCUT2D eigenvalue weighted by Crippen LogP contribution is -1.96. The Morgan fingerprint density at radius 1 is 1.27 bits per heavy atom. The van der Waals surface area contributed by atoms with Crippen LogP contribution in [-0.4, -0.2) is 16.9 Å². The van der Waals surface area contributed by atoms with E-state index in [1.165, 1.54) is 5.56 Å². The highest BCUT2D eigenvalue weighted by molar-refractivity contribution is 5.68. The van der Waals surface area contributed by atoms with Crippen LogP contribution in [0, 0.1) is 6.92 Å². The Balaban J connectivity index is 2.60. The first kappa shape index (κ1) is 9.77. The summed E-state index contributed by atoms with van der Waals surface area (Å²) < 4.78 is 7.18. The molecule has 0 radical (unpaired) electrons. The van der Waals surface area contributed by atoms with E-state index in [0.29, 0.717) is 0 Å². The Morgan fingerprint density at radius 2 is 2.07 bits per heavy atom. The fraction of sp³-hybridized carbons (Fsp3) is 0.250. The SMILES string of the molecule is COc1ccc(C)cc1-c1ccnn1C. The lowest BCUT2D eigenvalue weighted by Gasteiger charge is -2.09. The maximum atomic E-state index is 5.34. The predicted octanol–water partition coefficient (Wildman–Crippen LogP) is 2.40. The molecule has 2 rings (SSSR count). The van der Waals surface area contributed by atoms with E-state index in [4.69, 9.17) is 4.74 Å². The summed E-state index contributed by atoms with van der Waals surface area (Å²) in [5.74, 6) is 0.879.